The predicted molar refractivity (Wildman–Crippen MR) is 118 cm³/mol. The lowest BCUT2D eigenvalue weighted by atomic mass is 10.1. The molecule has 1 aliphatic rings. The molecule has 0 radical (unpaired) electrons. The molecule has 4 nitrogen and oxygen atoms in total. The Balaban J connectivity index is 1.36. The molecular weight excluding hydrogens is 374 g/mol. The van der Waals surface area contributed by atoms with Crippen molar-refractivity contribution in [2.75, 3.05) is 11.4 Å². The van der Waals surface area contributed by atoms with E-state index in [4.69, 9.17) is 4.74 Å². The molecule has 1 heterocycles. The molecule has 0 saturated carbocycles. The van der Waals surface area contributed by atoms with E-state index in [9.17, 15) is 9.59 Å². The van der Waals surface area contributed by atoms with Crippen molar-refractivity contribution in [2.45, 2.75) is 26.2 Å². The Morgan fingerprint density at radius 2 is 1.53 bits per heavy atom. The number of carbonyl (C=O) groups excluding carboxylic acids is 2. The van der Waals surface area contributed by atoms with Crippen LogP contribution in [0, 0.1) is 5.92 Å². The van der Waals surface area contributed by atoms with Crippen LogP contribution in [0.25, 0.3) is 0 Å². The zero-order valence-corrected chi connectivity index (χ0v) is 17.1. The SMILES string of the molecule is CCc1ccc(N2C[C@@H](C(=O)Oc3ccc(Cc4ccccc4)cc3)CC2=O)cc1. The van der Waals surface area contributed by atoms with Gasteiger partial charge in [-0.05, 0) is 53.8 Å². The monoisotopic (exact) mass is 399 g/mol. The lowest BCUT2D eigenvalue weighted by Gasteiger charge is -2.17. The first kappa shape index (κ1) is 19.9. The van der Waals surface area contributed by atoms with Gasteiger partial charge in [0.15, 0.2) is 0 Å². The molecule has 1 amide bonds. The molecule has 3 aromatic rings. The topological polar surface area (TPSA) is 46.6 Å². The van der Waals surface area contributed by atoms with Crippen molar-refractivity contribution >= 4 is 17.6 Å². The highest BCUT2D eigenvalue weighted by Gasteiger charge is 2.36. The van der Waals surface area contributed by atoms with Gasteiger partial charge in [0.1, 0.15) is 5.75 Å². The maximum absolute atomic E-state index is 12.6. The first-order valence-electron chi connectivity index (χ1n) is 10.4. The van der Waals surface area contributed by atoms with E-state index in [1.54, 1.807) is 4.90 Å². The van der Waals surface area contributed by atoms with Crippen molar-refractivity contribution in [3.8, 4) is 5.75 Å². The van der Waals surface area contributed by atoms with Gasteiger partial charge < -0.3 is 9.64 Å². The summed E-state index contributed by atoms with van der Waals surface area (Å²) in [5.74, 6) is -0.339. The highest BCUT2D eigenvalue weighted by molar-refractivity contribution is 5.99. The van der Waals surface area contributed by atoms with Crippen LogP contribution < -0.4 is 9.64 Å². The predicted octanol–water partition coefficient (Wildman–Crippen LogP) is 4.80. The smallest absolute Gasteiger partial charge is 0.316 e. The van der Waals surface area contributed by atoms with E-state index in [0.717, 1.165) is 24.1 Å². The number of anilines is 1. The van der Waals surface area contributed by atoms with Crippen LogP contribution in [0.2, 0.25) is 0 Å². The average molecular weight is 399 g/mol. The lowest BCUT2D eigenvalue weighted by molar-refractivity contribution is -0.139. The fourth-order valence-electron chi connectivity index (χ4n) is 3.73. The molecule has 0 unspecified atom stereocenters. The van der Waals surface area contributed by atoms with E-state index in [1.165, 1.54) is 11.1 Å². The molecule has 30 heavy (non-hydrogen) atoms. The van der Waals surface area contributed by atoms with Crippen molar-refractivity contribution in [3.63, 3.8) is 0 Å². The molecule has 1 aliphatic heterocycles. The van der Waals surface area contributed by atoms with Gasteiger partial charge in [-0.15, -0.1) is 0 Å². The minimum atomic E-state index is -0.452. The molecule has 0 aliphatic carbocycles. The summed E-state index contributed by atoms with van der Waals surface area (Å²) < 4.78 is 5.55. The second-order valence-corrected chi connectivity index (χ2v) is 7.65. The summed E-state index contributed by atoms with van der Waals surface area (Å²) in [6.45, 7) is 2.45. The van der Waals surface area contributed by atoms with Crippen LogP contribution in [0.5, 0.6) is 5.75 Å². The standard InChI is InChI=1S/C26H25NO3/c1-2-19-8-12-23(13-9-19)27-18-22(17-25(27)28)26(29)30-24-14-10-21(11-15-24)16-20-6-4-3-5-7-20/h3-15,22H,2,16-18H2,1H3/t22-/m0/s1. The van der Waals surface area contributed by atoms with Crippen molar-refractivity contribution < 1.29 is 14.3 Å². The average Bonchev–Trinajstić information content (AvgIpc) is 3.18. The third-order valence-electron chi connectivity index (χ3n) is 5.51. The molecule has 3 aromatic carbocycles. The number of ether oxygens (including phenoxy) is 1. The van der Waals surface area contributed by atoms with Crippen LogP contribution in [0.4, 0.5) is 5.69 Å². The zero-order valence-electron chi connectivity index (χ0n) is 17.1. The summed E-state index contributed by atoms with van der Waals surface area (Å²) in [4.78, 5) is 26.7. The Morgan fingerprint density at radius 3 is 2.20 bits per heavy atom. The minimum Gasteiger partial charge on any atom is -0.426 e. The molecule has 1 fully saturated rings. The van der Waals surface area contributed by atoms with Gasteiger partial charge in [0, 0.05) is 18.7 Å². The number of benzene rings is 3. The Labute approximate surface area is 177 Å². The quantitative estimate of drug-likeness (QED) is 0.442. The van der Waals surface area contributed by atoms with E-state index in [0.29, 0.717) is 12.3 Å². The second-order valence-electron chi connectivity index (χ2n) is 7.65. The summed E-state index contributed by atoms with van der Waals surface area (Å²) in [6, 6.07) is 25.7. The van der Waals surface area contributed by atoms with Crippen molar-refractivity contribution in [3.05, 3.63) is 95.6 Å². The highest BCUT2D eigenvalue weighted by atomic mass is 16.5. The fraction of sp³-hybridized carbons (Fsp3) is 0.231. The Hall–Kier alpha value is -3.40. The number of hydrogen-bond donors (Lipinski definition) is 0. The van der Waals surface area contributed by atoms with Gasteiger partial charge >= 0.3 is 5.97 Å². The minimum absolute atomic E-state index is 0.0422. The number of esters is 1. The third kappa shape index (κ3) is 4.60. The van der Waals surface area contributed by atoms with Crippen molar-refractivity contribution in [2.24, 2.45) is 5.92 Å². The van der Waals surface area contributed by atoms with Crippen LogP contribution in [-0.4, -0.2) is 18.4 Å². The summed E-state index contributed by atoms with van der Waals surface area (Å²) >= 11 is 0. The Kier molecular flexibility index (Phi) is 5.94. The summed E-state index contributed by atoms with van der Waals surface area (Å²) in [6.07, 6.45) is 1.96. The molecule has 1 atom stereocenters. The number of hydrogen-bond acceptors (Lipinski definition) is 3. The summed E-state index contributed by atoms with van der Waals surface area (Å²) in [5.41, 5.74) is 4.44. The maximum Gasteiger partial charge on any atom is 0.316 e. The lowest BCUT2D eigenvalue weighted by Crippen LogP contribution is -2.27. The van der Waals surface area contributed by atoms with Crippen molar-refractivity contribution in [1.82, 2.24) is 0 Å². The van der Waals surface area contributed by atoms with Gasteiger partial charge in [-0.1, -0.05) is 61.5 Å². The molecule has 1 saturated heterocycles. The van der Waals surface area contributed by atoms with E-state index in [-0.39, 0.29) is 18.3 Å². The third-order valence-corrected chi connectivity index (χ3v) is 5.51. The first-order chi connectivity index (χ1) is 14.6. The van der Waals surface area contributed by atoms with Gasteiger partial charge in [0.05, 0.1) is 5.92 Å². The van der Waals surface area contributed by atoms with Crippen LogP contribution >= 0.6 is 0 Å². The number of amides is 1. The van der Waals surface area contributed by atoms with Crippen molar-refractivity contribution in [1.29, 1.82) is 0 Å². The highest BCUT2D eigenvalue weighted by Crippen LogP contribution is 2.27. The number of nitrogens with zero attached hydrogens (tertiary/aromatic N) is 1. The zero-order chi connectivity index (χ0) is 20.9. The van der Waals surface area contributed by atoms with Gasteiger partial charge in [0.2, 0.25) is 5.91 Å². The van der Waals surface area contributed by atoms with Gasteiger partial charge in [-0.2, -0.15) is 0 Å². The van der Waals surface area contributed by atoms with Gasteiger partial charge in [-0.3, -0.25) is 9.59 Å². The molecule has 0 spiro atoms. The van der Waals surface area contributed by atoms with E-state index in [1.807, 2.05) is 66.7 Å². The number of carbonyl (C=O) groups is 2. The molecule has 0 bridgehead atoms. The first-order valence-corrected chi connectivity index (χ1v) is 10.4. The molecule has 0 aromatic heterocycles. The van der Waals surface area contributed by atoms with Gasteiger partial charge in [0.25, 0.3) is 0 Å². The van der Waals surface area contributed by atoms with Gasteiger partial charge in [-0.25, -0.2) is 0 Å². The second kappa shape index (κ2) is 8.95. The van der Waals surface area contributed by atoms with E-state index < -0.39 is 5.92 Å². The van der Waals surface area contributed by atoms with Crippen LogP contribution in [0.3, 0.4) is 0 Å². The normalized spacial score (nSPS) is 16.0. The fourth-order valence-corrected chi connectivity index (χ4v) is 3.73. The van der Waals surface area contributed by atoms with Crippen LogP contribution in [-0.2, 0) is 22.4 Å². The summed E-state index contributed by atoms with van der Waals surface area (Å²) in [5, 5.41) is 0. The Morgan fingerprint density at radius 1 is 0.900 bits per heavy atom. The Bertz CT molecular complexity index is 1010. The van der Waals surface area contributed by atoms with E-state index >= 15 is 0 Å². The molecule has 4 rings (SSSR count). The molecule has 0 N–H and O–H groups in total. The number of rotatable bonds is 6. The molecule has 152 valence electrons. The number of aryl methyl sites for hydroxylation is 1. The molecular formula is C26H25NO3. The molecule has 4 heteroatoms. The van der Waals surface area contributed by atoms with E-state index in [2.05, 4.69) is 19.1 Å². The summed E-state index contributed by atoms with van der Waals surface area (Å²) in [7, 11) is 0. The maximum atomic E-state index is 12.6. The largest absolute Gasteiger partial charge is 0.426 e. The van der Waals surface area contributed by atoms with Crippen LogP contribution in [0.15, 0.2) is 78.9 Å². The van der Waals surface area contributed by atoms with Crippen LogP contribution in [0.1, 0.15) is 30.0 Å².